The van der Waals surface area contributed by atoms with E-state index in [4.69, 9.17) is 18.9 Å². The van der Waals surface area contributed by atoms with Gasteiger partial charge in [0.1, 0.15) is 54.3 Å². The summed E-state index contributed by atoms with van der Waals surface area (Å²) in [7, 11) is 0. The van der Waals surface area contributed by atoms with Gasteiger partial charge in [-0.15, -0.1) is 0 Å². The number of hydrogen-bond donors (Lipinski definition) is 7. The molecule has 6 aliphatic rings. The van der Waals surface area contributed by atoms with E-state index in [1.165, 1.54) is 12.5 Å². The van der Waals surface area contributed by atoms with Crippen LogP contribution in [0.5, 0.6) is 0 Å². The number of carbonyl (C=O) groups is 2. The van der Waals surface area contributed by atoms with Crippen LogP contribution in [0.4, 0.5) is 0 Å². The Morgan fingerprint density at radius 2 is 1.63 bits per heavy atom. The standard InChI is InChI=1S/C39H62O13/c1-18(16-40)6-9-26(42)19(2)29-27(43)15-25-23-8-7-21-14-22(10-12-38(21,4)24(23)11-13-39(25,29)5)50-37-35(33(47)31(45)28(17-41)51-37)52-36-34(48)32(46)30(44)20(3)49-36/h7,18-20,22-25,28-37,40-41,44-48H,6,8-17H2,1-5H3/t18-,19-,20?,22?,23-,24+,25+,28?,29?,30+,31-,32?,33?,34?,35?,36+,37-,38+,39+/m1/s1. The summed E-state index contributed by atoms with van der Waals surface area (Å²) in [6, 6.07) is 0. The lowest BCUT2D eigenvalue weighted by Gasteiger charge is -2.58. The van der Waals surface area contributed by atoms with Crippen LogP contribution in [0.2, 0.25) is 0 Å². The van der Waals surface area contributed by atoms with Crippen LogP contribution in [-0.2, 0) is 28.5 Å². The number of Topliss-reactive ketones (excluding diaryl/α,β-unsaturated/α-hetero) is 2. The van der Waals surface area contributed by atoms with Gasteiger partial charge in [0.05, 0.1) is 18.8 Å². The van der Waals surface area contributed by atoms with E-state index in [-0.39, 0.29) is 58.8 Å². The molecule has 296 valence electrons. The van der Waals surface area contributed by atoms with E-state index in [2.05, 4.69) is 19.9 Å². The molecule has 7 N–H and O–H groups in total. The summed E-state index contributed by atoms with van der Waals surface area (Å²) in [5.41, 5.74) is 0.939. The molecular weight excluding hydrogens is 676 g/mol. The van der Waals surface area contributed by atoms with Gasteiger partial charge in [0.2, 0.25) is 0 Å². The van der Waals surface area contributed by atoms with E-state index < -0.39 is 68.0 Å². The van der Waals surface area contributed by atoms with E-state index in [1.54, 1.807) is 0 Å². The summed E-state index contributed by atoms with van der Waals surface area (Å²) < 4.78 is 23.9. The molecule has 3 saturated carbocycles. The lowest BCUT2D eigenvalue weighted by molar-refractivity contribution is -0.369. The fourth-order valence-corrected chi connectivity index (χ4v) is 11.1. The molecule has 0 spiro atoms. The molecule has 6 rings (SSSR count). The average Bonchev–Trinajstić information content (AvgIpc) is 3.40. The second-order valence-electron chi connectivity index (χ2n) is 17.5. The first-order valence-electron chi connectivity index (χ1n) is 19.5. The van der Waals surface area contributed by atoms with Crippen molar-refractivity contribution < 1.29 is 64.3 Å². The molecule has 0 aromatic rings. The number of rotatable bonds is 11. The highest BCUT2D eigenvalue weighted by Crippen LogP contribution is 2.66. The van der Waals surface area contributed by atoms with E-state index >= 15 is 0 Å². The molecule has 13 heteroatoms. The number of aliphatic hydroxyl groups is 7. The second-order valence-corrected chi connectivity index (χ2v) is 17.5. The maximum Gasteiger partial charge on any atom is 0.187 e. The lowest BCUT2D eigenvalue weighted by Crippen LogP contribution is -2.64. The van der Waals surface area contributed by atoms with Crippen molar-refractivity contribution in [2.45, 2.75) is 160 Å². The number of fused-ring (bicyclic) bond motifs is 5. The lowest BCUT2D eigenvalue weighted by atomic mass is 9.47. The normalized spacial score (nSPS) is 49.0. The highest BCUT2D eigenvalue weighted by Gasteiger charge is 2.62. The Morgan fingerprint density at radius 3 is 2.33 bits per heavy atom. The van der Waals surface area contributed by atoms with Crippen LogP contribution in [0.25, 0.3) is 0 Å². The minimum Gasteiger partial charge on any atom is -0.396 e. The van der Waals surface area contributed by atoms with Gasteiger partial charge in [0, 0.05) is 31.3 Å². The number of allylic oxidation sites excluding steroid dienone is 1. The molecule has 0 aromatic heterocycles. The maximum atomic E-state index is 13.7. The van der Waals surface area contributed by atoms with E-state index in [9.17, 15) is 45.3 Å². The average molecular weight is 739 g/mol. The Balaban J connectivity index is 1.15. The SMILES string of the molecule is CC1O[C@@H](OC2C(O)[C@H](O)C(CO)O[C@H]2OC2CC[C@@]3(C)C(=CC[C@@H]4[C@@H]3CC[C@]3(C)C([C@H](C)C(=O)CC[C@@H](C)CO)C(=O)C[C@@H]43)C2)C(O)C(O)[C@H]1O. The predicted molar refractivity (Wildman–Crippen MR) is 185 cm³/mol. The first kappa shape index (κ1) is 40.3. The summed E-state index contributed by atoms with van der Waals surface area (Å²) in [6.45, 7) is 9.41. The molecule has 19 atom stereocenters. The Kier molecular flexibility index (Phi) is 12.1. The molecule has 0 bridgehead atoms. The summed E-state index contributed by atoms with van der Waals surface area (Å²) in [5.74, 6) is 0.680. The molecule has 0 aromatic carbocycles. The Morgan fingerprint density at radius 1 is 0.904 bits per heavy atom. The van der Waals surface area contributed by atoms with Crippen LogP contribution in [0.3, 0.4) is 0 Å². The van der Waals surface area contributed by atoms with Crippen molar-refractivity contribution in [2.24, 2.45) is 46.3 Å². The Labute approximate surface area is 306 Å². The minimum atomic E-state index is -1.64. The maximum absolute atomic E-state index is 13.7. The van der Waals surface area contributed by atoms with Crippen LogP contribution in [0.1, 0.15) is 92.4 Å². The second kappa shape index (κ2) is 15.6. The predicted octanol–water partition coefficient (Wildman–Crippen LogP) is 1.40. The fraction of sp³-hybridized carbons (Fsp3) is 0.897. The highest BCUT2D eigenvalue weighted by atomic mass is 16.8. The van der Waals surface area contributed by atoms with Gasteiger partial charge in [0.25, 0.3) is 0 Å². The summed E-state index contributed by atoms with van der Waals surface area (Å²) in [6.07, 6.45) is -5.47. The molecule has 2 aliphatic heterocycles. The first-order chi connectivity index (χ1) is 24.5. The molecule has 2 saturated heterocycles. The van der Waals surface area contributed by atoms with Gasteiger partial charge in [-0.3, -0.25) is 9.59 Å². The Bertz CT molecular complexity index is 1320. The molecule has 0 amide bonds. The Hall–Kier alpha value is -1.36. The van der Waals surface area contributed by atoms with Crippen molar-refractivity contribution in [3.63, 3.8) is 0 Å². The quantitative estimate of drug-likeness (QED) is 0.150. The monoisotopic (exact) mass is 738 g/mol. The minimum absolute atomic E-state index is 0.0488. The van der Waals surface area contributed by atoms with Crippen molar-refractivity contribution >= 4 is 11.6 Å². The number of ether oxygens (including phenoxy) is 4. The molecule has 0 radical (unpaired) electrons. The van der Waals surface area contributed by atoms with Gasteiger partial charge in [-0.2, -0.15) is 0 Å². The van der Waals surface area contributed by atoms with Crippen molar-refractivity contribution in [1.29, 1.82) is 0 Å². The zero-order valence-electron chi connectivity index (χ0n) is 31.3. The first-order valence-corrected chi connectivity index (χ1v) is 19.5. The third-order valence-electron chi connectivity index (χ3n) is 14.4. The van der Waals surface area contributed by atoms with Crippen LogP contribution in [-0.4, -0.2) is 128 Å². The van der Waals surface area contributed by atoms with Crippen LogP contribution in [0, 0.1) is 46.3 Å². The molecule has 52 heavy (non-hydrogen) atoms. The number of carbonyl (C=O) groups excluding carboxylic acids is 2. The number of hydrogen-bond acceptors (Lipinski definition) is 13. The van der Waals surface area contributed by atoms with Gasteiger partial charge in [-0.1, -0.05) is 39.3 Å². The van der Waals surface area contributed by atoms with Crippen LogP contribution in [0.15, 0.2) is 11.6 Å². The van der Waals surface area contributed by atoms with E-state index in [0.717, 1.165) is 25.7 Å². The summed E-state index contributed by atoms with van der Waals surface area (Å²) in [5, 5.41) is 72.2. The largest absolute Gasteiger partial charge is 0.396 e. The van der Waals surface area contributed by atoms with Gasteiger partial charge in [0.15, 0.2) is 12.6 Å². The van der Waals surface area contributed by atoms with Gasteiger partial charge < -0.3 is 54.7 Å². The zero-order valence-corrected chi connectivity index (χ0v) is 31.3. The van der Waals surface area contributed by atoms with Crippen molar-refractivity contribution in [3.05, 3.63) is 11.6 Å². The summed E-state index contributed by atoms with van der Waals surface area (Å²) in [4.78, 5) is 27.0. The zero-order chi connectivity index (χ0) is 37.9. The molecule has 13 nitrogen and oxygen atoms in total. The fourth-order valence-electron chi connectivity index (χ4n) is 11.1. The number of aliphatic hydroxyl groups excluding tert-OH is 7. The third kappa shape index (κ3) is 7.11. The van der Waals surface area contributed by atoms with E-state index in [0.29, 0.717) is 43.9 Å². The van der Waals surface area contributed by atoms with Crippen molar-refractivity contribution in [3.8, 4) is 0 Å². The molecule has 4 aliphatic carbocycles. The molecule has 5 fully saturated rings. The summed E-state index contributed by atoms with van der Waals surface area (Å²) >= 11 is 0. The van der Waals surface area contributed by atoms with Crippen LogP contribution >= 0.6 is 0 Å². The van der Waals surface area contributed by atoms with Crippen molar-refractivity contribution in [1.82, 2.24) is 0 Å². The topological polar surface area (TPSA) is 213 Å². The van der Waals surface area contributed by atoms with Gasteiger partial charge in [-0.05, 0) is 86.4 Å². The van der Waals surface area contributed by atoms with E-state index in [1.807, 2.05) is 13.8 Å². The third-order valence-corrected chi connectivity index (χ3v) is 14.4. The smallest absolute Gasteiger partial charge is 0.187 e. The number of ketones is 2. The van der Waals surface area contributed by atoms with Gasteiger partial charge in [-0.25, -0.2) is 0 Å². The highest BCUT2D eigenvalue weighted by molar-refractivity contribution is 5.92. The van der Waals surface area contributed by atoms with Gasteiger partial charge >= 0.3 is 0 Å². The molecule has 2 heterocycles. The molecular formula is C39H62O13. The van der Waals surface area contributed by atoms with Crippen molar-refractivity contribution in [2.75, 3.05) is 13.2 Å². The van der Waals surface area contributed by atoms with Crippen LogP contribution < -0.4 is 0 Å². The molecule has 8 unspecified atom stereocenters.